The fourth-order valence-corrected chi connectivity index (χ4v) is 1.68. The lowest BCUT2D eigenvalue weighted by atomic mass is 10.2. The molecule has 0 aromatic carbocycles. The summed E-state index contributed by atoms with van der Waals surface area (Å²) in [6, 6.07) is 3.33. The zero-order valence-electron chi connectivity index (χ0n) is 12.6. The van der Waals surface area contributed by atoms with Crippen molar-refractivity contribution in [1.29, 1.82) is 0 Å². The number of nitrogens with one attached hydrogen (secondary N) is 2. The quantitative estimate of drug-likeness (QED) is 0.663. The van der Waals surface area contributed by atoms with Crippen molar-refractivity contribution < 1.29 is 9.53 Å². The average Bonchev–Trinajstić information content (AvgIpc) is 3.05. The van der Waals surface area contributed by atoms with Crippen molar-refractivity contribution in [2.24, 2.45) is 0 Å². The van der Waals surface area contributed by atoms with Crippen LogP contribution in [0.15, 0.2) is 31.0 Å². The van der Waals surface area contributed by atoms with Crippen LogP contribution in [-0.4, -0.2) is 59.0 Å². The summed E-state index contributed by atoms with van der Waals surface area (Å²) >= 11 is 0. The van der Waals surface area contributed by atoms with Gasteiger partial charge < -0.3 is 15.4 Å². The van der Waals surface area contributed by atoms with Crippen molar-refractivity contribution in [3.05, 3.63) is 36.5 Å². The van der Waals surface area contributed by atoms with E-state index in [2.05, 4.69) is 25.7 Å². The molecular formula is C13H20Cl2N6O2. The summed E-state index contributed by atoms with van der Waals surface area (Å²) in [5.41, 5.74) is 0.535. The molecule has 0 aliphatic heterocycles. The highest BCUT2D eigenvalue weighted by Crippen LogP contribution is 2.05. The summed E-state index contributed by atoms with van der Waals surface area (Å²) in [4.78, 5) is 20.0. The van der Waals surface area contributed by atoms with Gasteiger partial charge in [0, 0.05) is 38.5 Å². The van der Waals surface area contributed by atoms with Crippen molar-refractivity contribution in [3.63, 3.8) is 0 Å². The van der Waals surface area contributed by atoms with Gasteiger partial charge in [0.2, 0.25) is 0 Å². The summed E-state index contributed by atoms with van der Waals surface area (Å²) in [5.74, 6) is 0.408. The highest BCUT2D eigenvalue weighted by molar-refractivity contribution is 5.94. The number of rotatable bonds is 8. The SMILES string of the molecule is COCCNCCNC(=O)c1ccnc(-n2cncn2)c1.Cl.Cl. The van der Waals surface area contributed by atoms with Gasteiger partial charge in [-0.3, -0.25) is 4.79 Å². The maximum absolute atomic E-state index is 12.0. The van der Waals surface area contributed by atoms with Crippen LogP contribution in [0.4, 0.5) is 0 Å². The van der Waals surface area contributed by atoms with E-state index in [4.69, 9.17) is 4.74 Å². The van der Waals surface area contributed by atoms with Crippen LogP contribution in [0, 0.1) is 0 Å². The van der Waals surface area contributed by atoms with Crippen LogP contribution < -0.4 is 10.6 Å². The Kier molecular flexibility index (Phi) is 10.9. The van der Waals surface area contributed by atoms with Crippen molar-refractivity contribution in [3.8, 4) is 5.82 Å². The van der Waals surface area contributed by atoms with Gasteiger partial charge in [0.25, 0.3) is 5.91 Å². The first-order chi connectivity index (χ1) is 10.3. The van der Waals surface area contributed by atoms with E-state index < -0.39 is 0 Å². The Balaban J connectivity index is 0.00000242. The third kappa shape index (κ3) is 6.91. The van der Waals surface area contributed by atoms with E-state index in [1.165, 1.54) is 17.3 Å². The second kappa shape index (κ2) is 11.8. The monoisotopic (exact) mass is 362 g/mol. The standard InChI is InChI=1S/C13H18N6O2.2ClH/c1-21-7-6-14-4-5-17-13(20)11-2-3-16-12(8-11)19-10-15-9-18-19;;/h2-3,8-10,14H,4-7H2,1H3,(H,17,20);2*1H. The molecule has 0 saturated carbocycles. The first-order valence-corrected chi connectivity index (χ1v) is 6.60. The van der Waals surface area contributed by atoms with E-state index in [0.717, 1.165) is 6.54 Å². The number of ether oxygens (including phenoxy) is 1. The molecule has 0 atom stereocenters. The Bertz CT molecular complexity index is 567. The number of carbonyl (C=O) groups is 1. The van der Waals surface area contributed by atoms with Crippen molar-refractivity contribution in [2.45, 2.75) is 0 Å². The van der Waals surface area contributed by atoms with Crippen molar-refractivity contribution in [1.82, 2.24) is 30.4 Å². The minimum atomic E-state index is -0.146. The normalized spacial score (nSPS) is 9.61. The number of hydrogen-bond acceptors (Lipinski definition) is 6. The van der Waals surface area contributed by atoms with Gasteiger partial charge in [0.15, 0.2) is 5.82 Å². The summed E-state index contributed by atoms with van der Waals surface area (Å²) in [6.45, 7) is 2.65. The van der Waals surface area contributed by atoms with E-state index in [0.29, 0.717) is 31.1 Å². The minimum absolute atomic E-state index is 0. The molecule has 10 heteroatoms. The molecule has 0 fully saturated rings. The summed E-state index contributed by atoms with van der Waals surface area (Å²) < 4.78 is 6.42. The number of halogens is 2. The third-order valence-electron chi connectivity index (χ3n) is 2.73. The van der Waals surface area contributed by atoms with E-state index in [9.17, 15) is 4.79 Å². The van der Waals surface area contributed by atoms with E-state index in [1.54, 1.807) is 25.4 Å². The van der Waals surface area contributed by atoms with Crippen LogP contribution in [-0.2, 0) is 4.74 Å². The Labute approximate surface area is 146 Å². The molecule has 0 spiro atoms. The molecule has 0 bridgehead atoms. The Morgan fingerprint density at radius 3 is 2.83 bits per heavy atom. The lowest BCUT2D eigenvalue weighted by Crippen LogP contribution is -2.33. The number of amides is 1. The zero-order valence-corrected chi connectivity index (χ0v) is 14.3. The predicted molar refractivity (Wildman–Crippen MR) is 90.7 cm³/mol. The lowest BCUT2D eigenvalue weighted by Gasteiger charge is -2.07. The maximum Gasteiger partial charge on any atom is 0.251 e. The minimum Gasteiger partial charge on any atom is -0.383 e. The number of carbonyl (C=O) groups excluding carboxylic acids is 1. The van der Waals surface area contributed by atoms with E-state index >= 15 is 0 Å². The molecule has 0 saturated heterocycles. The largest absolute Gasteiger partial charge is 0.383 e. The average molecular weight is 363 g/mol. The highest BCUT2D eigenvalue weighted by Gasteiger charge is 2.07. The van der Waals surface area contributed by atoms with Gasteiger partial charge in [-0.25, -0.2) is 14.6 Å². The van der Waals surface area contributed by atoms with Gasteiger partial charge in [0.1, 0.15) is 12.7 Å². The van der Waals surface area contributed by atoms with E-state index in [1.807, 2.05) is 0 Å². The van der Waals surface area contributed by atoms with Crippen LogP contribution in [0.5, 0.6) is 0 Å². The fraction of sp³-hybridized carbons (Fsp3) is 0.385. The molecule has 2 heterocycles. The number of pyridine rings is 1. The number of aromatic nitrogens is 4. The van der Waals surface area contributed by atoms with Gasteiger partial charge in [-0.1, -0.05) is 0 Å². The number of nitrogens with zero attached hydrogens (tertiary/aromatic N) is 4. The lowest BCUT2D eigenvalue weighted by molar-refractivity contribution is 0.0953. The smallest absolute Gasteiger partial charge is 0.251 e. The van der Waals surface area contributed by atoms with Crippen LogP contribution >= 0.6 is 24.8 Å². The summed E-state index contributed by atoms with van der Waals surface area (Å²) in [5, 5.41) is 9.97. The Morgan fingerprint density at radius 1 is 1.30 bits per heavy atom. The molecule has 2 rings (SSSR count). The molecular weight excluding hydrogens is 343 g/mol. The van der Waals surface area contributed by atoms with Gasteiger partial charge in [-0.2, -0.15) is 5.10 Å². The fourth-order valence-electron chi connectivity index (χ4n) is 1.68. The molecule has 2 aromatic rings. The van der Waals surface area contributed by atoms with Crippen LogP contribution in [0.3, 0.4) is 0 Å². The first kappa shape index (κ1) is 21.3. The Hall–Kier alpha value is -1.74. The second-order valence-corrected chi connectivity index (χ2v) is 4.24. The Morgan fingerprint density at radius 2 is 2.13 bits per heavy atom. The molecule has 1 amide bonds. The van der Waals surface area contributed by atoms with Crippen LogP contribution in [0.25, 0.3) is 5.82 Å². The highest BCUT2D eigenvalue weighted by atomic mass is 35.5. The molecule has 0 aliphatic rings. The topological polar surface area (TPSA) is 94.0 Å². The molecule has 0 unspecified atom stereocenters. The first-order valence-electron chi connectivity index (χ1n) is 6.60. The molecule has 2 aromatic heterocycles. The van der Waals surface area contributed by atoms with E-state index in [-0.39, 0.29) is 30.7 Å². The number of methoxy groups -OCH3 is 1. The predicted octanol–water partition coefficient (Wildman–Crippen LogP) is 0.472. The zero-order chi connectivity index (χ0) is 14.9. The summed E-state index contributed by atoms with van der Waals surface area (Å²) in [6.07, 6.45) is 4.52. The molecule has 128 valence electrons. The maximum atomic E-state index is 12.0. The van der Waals surface area contributed by atoms with Crippen LogP contribution in [0.1, 0.15) is 10.4 Å². The summed E-state index contributed by atoms with van der Waals surface area (Å²) in [7, 11) is 1.65. The van der Waals surface area contributed by atoms with Crippen molar-refractivity contribution >= 4 is 30.7 Å². The molecule has 0 aliphatic carbocycles. The molecule has 8 nitrogen and oxygen atoms in total. The van der Waals surface area contributed by atoms with Gasteiger partial charge in [-0.15, -0.1) is 24.8 Å². The van der Waals surface area contributed by atoms with Gasteiger partial charge in [0.05, 0.1) is 6.61 Å². The van der Waals surface area contributed by atoms with Crippen LogP contribution in [0.2, 0.25) is 0 Å². The van der Waals surface area contributed by atoms with Gasteiger partial charge >= 0.3 is 0 Å². The molecule has 2 N–H and O–H groups in total. The van der Waals surface area contributed by atoms with Gasteiger partial charge in [-0.05, 0) is 12.1 Å². The molecule has 23 heavy (non-hydrogen) atoms. The second-order valence-electron chi connectivity index (χ2n) is 4.24. The number of hydrogen-bond donors (Lipinski definition) is 2. The third-order valence-corrected chi connectivity index (χ3v) is 2.73. The molecule has 0 radical (unpaired) electrons. The van der Waals surface area contributed by atoms with Crippen molar-refractivity contribution in [2.75, 3.05) is 33.4 Å².